The van der Waals surface area contributed by atoms with Crippen molar-refractivity contribution in [3.05, 3.63) is 0 Å². The molecule has 2 amide bonds. The molecular formula is C10H17N3O2S. The van der Waals surface area contributed by atoms with Gasteiger partial charge >= 0.3 is 0 Å². The van der Waals surface area contributed by atoms with Crippen LogP contribution in [0.25, 0.3) is 0 Å². The van der Waals surface area contributed by atoms with Gasteiger partial charge in [-0.2, -0.15) is 0 Å². The fourth-order valence-electron chi connectivity index (χ4n) is 1.60. The first-order valence-electron chi connectivity index (χ1n) is 5.26. The Morgan fingerprint density at radius 3 is 2.44 bits per heavy atom. The summed E-state index contributed by atoms with van der Waals surface area (Å²) in [5.74, 6) is -0.316. The number of nitrogens with one attached hydrogen (secondary N) is 1. The zero-order chi connectivity index (χ0) is 12.3. The summed E-state index contributed by atoms with van der Waals surface area (Å²) in [6, 6.07) is 0. The second kappa shape index (κ2) is 4.78. The zero-order valence-electron chi connectivity index (χ0n) is 9.58. The molecule has 16 heavy (non-hydrogen) atoms. The maximum Gasteiger partial charge on any atom is 0.239 e. The Morgan fingerprint density at radius 1 is 1.50 bits per heavy atom. The number of likely N-dealkylation sites (N-methyl/N-ethyl adjacent to an activating group) is 2. The lowest BCUT2D eigenvalue weighted by molar-refractivity contribution is -0.137. The molecule has 0 aromatic rings. The number of carbonyl (C=O) groups is 2. The summed E-state index contributed by atoms with van der Waals surface area (Å²) in [4.78, 5) is 24.9. The number of nitrogens with zero attached hydrogens (tertiary/aromatic N) is 1. The molecule has 0 saturated heterocycles. The Hall–Kier alpha value is -1.17. The Morgan fingerprint density at radius 2 is 2.06 bits per heavy atom. The molecule has 1 saturated carbocycles. The quantitative estimate of drug-likeness (QED) is 0.647. The molecule has 5 nitrogen and oxygen atoms in total. The van der Waals surface area contributed by atoms with Crippen LogP contribution in [0.2, 0.25) is 0 Å². The largest absolute Gasteiger partial charge is 0.392 e. The van der Waals surface area contributed by atoms with Crippen molar-refractivity contribution >= 4 is 29.0 Å². The van der Waals surface area contributed by atoms with Gasteiger partial charge in [0, 0.05) is 13.6 Å². The standard InChI is InChI=1S/C10H17N3O2S/c1-3-12-7(14)6-13(2)9(15)10(4-5-10)8(11)16/h3-6H2,1-2H3,(H2,11,16)(H,12,14). The van der Waals surface area contributed by atoms with E-state index in [0.29, 0.717) is 19.4 Å². The smallest absolute Gasteiger partial charge is 0.239 e. The Balaban J connectivity index is 2.55. The SMILES string of the molecule is CCNC(=O)CN(C)C(=O)C1(C(N)=S)CC1. The summed E-state index contributed by atoms with van der Waals surface area (Å²) in [7, 11) is 1.59. The van der Waals surface area contributed by atoms with Crippen LogP contribution in [0.5, 0.6) is 0 Å². The lowest BCUT2D eigenvalue weighted by atomic mass is 10.1. The second-order valence-corrected chi connectivity index (χ2v) is 4.50. The van der Waals surface area contributed by atoms with E-state index in [1.807, 2.05) is 6.92 Å². The highest BCUT2D eigenvalue weighted by molar-refractivity contribution is 7.80. The molecule has 1 aliphatic rings. The van der Waals surface area contributed by atoms with Gasteiger partial charge in [-0.05, 0) is 19.8 Å². The fraction of sp³-hybridized carbons (Fsp3) is 0.700. The third-order valence-electron chi connectivity index (χ3n) is 2.73. The van der Waals surface area contributed by atoms with Gasteiger partial charge in [-0.3, -0.25) is 9.59 Å². The van der Waals surface area contributed by atoms with E-state index in [0.717, 1.165) is 0 Å². The number of hydrogen-bond donors (Lipinski definition) is 2. The van der Waals surface area contributed by atoms with Crippen molar-refractivity contribution in [2.75, 3.05) is 20.1 Å². The van der Waals surface area contributed by atoms with E-state index in [1.54, 1.807) is 7.05 Å². The zero-order valence-corrected chi connectivity index (χ0v) is 10.4. The molecular weight excluding hydrogens is 226 g/mol. The summed E-state index contributed by atoms with van der Waals surface area (Å²) in [5, 5.41) is 2.64. The monoisotopic (exact) mass is 243 g/mol. The van der Waals surface area contributed by atoms with Crippen LogP contribution >= 0.6 is 12.2 Å². The van der Waals surface area contributed by atoms with E-state index in [1.165, 1.54) is 4.90 Å². The molecule has 1 rings (SSSR count). The first-order valence-corrected chi connectivity index (χ1v) is 5.67. The number of hydrogen-bond acceptors (Lipinski definition) is 3. The molecule has 0 unspecified atom stereocenters. The summed E-state index contributed by atoms with van der Waals surface area (Å²) in [6.07, 6.45) is 1.39. The number of rotatable bonds is 5. The summed E-state index contributed by atoms with van der Waals surface area (Å²) < 4.78 is 0. The van der Waals surface area contributed by atoms with Crippen molar-refractivity contribution in [3.63, 3.8) is 0 Å². The van der Waals surface area contributed by atoms with E-state index in [2.05, 4.69) is 5.32 Å². The predicted molar refractivity (Wildman–Crippen MR) is 64.8 cm³/mol. The molecule has 0 spiro atoms. The lowest BCUT2D eigenvalue weighted by Crippen LogP contribution is -2.45. The molecule has 0 aliphatic heterocycles. The number of amides is 2. The number of nitrogens with two attached hydrogens (primary N) is 1. The average molecular weight is 243 g/mol. The molecule has 0 aromatic carbocycles. The van der Waals surface area contributed by atoms with Gasteiger partial charge in [-0.1, -0.05) is 12.2 Å². The van der Waals surface area contributed by atoms with Crippen LogP contribution in [0.1, 0.15) is 19.8 Å². The highest BCUT2D eigenvalue weighted by Gasteiger charge is 2.54. The van der Waals surface area contributed by atoms with E-state index < -0.39 is 5.41 Å². The van der Waals surface area contributed by atoms with Crippen molar-refractivity contribution in [2.45, 2.75) is 19.8 Å². The molecule has 0 aromatic heterocycles. The fourth-order valence-corrected chi connectivity index (χ4v) is 1.89. The third kappa shape index (κ3) is 2.49. The molecule has 0 heterocycles. The van der Waals surface area contributed by atoms with Gasteiger partial charge in [0.1, 0.15) is 0 Å². The molecule has 0 radical (unpaired) electrons. The van der Waals surface area contributed by atoms with E-state index >= 15 is 0 Å². The van der Waals surface area contributed by atoms with Gasteiger partial charge in [0.2, 0.25) is 11.8 Å². The van der Waals surface area contributed by atoms with Crippen molar-refractivity contribution in [1.29, 1.82) is 0 Å². The molecule has 6 heteroatoms. The molecule has 1 aliphatic carbocycles. The molecule has 0 bridgehead atoms. The van der Waals surface area contributed by atoms with Gasteiger partial charge < -0.3 is 16.0 Å². The maximum atomic E-state index is 12.0. The van der Waals surface area contributed by atoms with Gasteiger partial charge in [0.25, 0.3) is 0 Å². The molecule has 0 atom stereocenters. The summed E-state index contributed by atoms with van der Waals surface area (Å²) in [5.41, 5.74) is 4.87. The Kier molecular flexibility index (Phi) is 3.85. The summed E-state index contributed by atoms with van der Waals surface area (Å²) in [6.45, 7) is 2.44. The van der Waals surface area contributed by atoms with Crippen LogP contribution in [0.3, 0.4) is 0 Å². The van der Waals surface area contributed by atoms with Gasteiger partial charge in [0.15, 0.2) is 0 Å². The second-order valence-electron chi connectivity index (χ2n) is 4.06. The Labute approximate surface area is 100 Å². The molecule has 3 N–H and O–H groups in total. The van der Waals surface area contributed by atoms with Gasteiger partial charge in [-0.25, -0.2) is 0 Å². The third-order valence-corrected chi connectivity index (χ3v) is 3.12. The first-order chi connectivity index (χ1) is 7.44. The van der Waals surface area contributed by atoms with Crippen LogP contribution in [-0.4, -0.2) is 41.8 Å². The van der Waals surface area contributed by atoms with Crippen molar-refractivity contribution in [2.24, 2.45) is 11.1 Å². The van der Waals surface area contributed by atoms with Crippen LogP contribution < -0.4 is 11.1 Å². The Bertz CT molecular complexity index is 326. The average Bonchev–Trinajstić information content (AvgIpc) is 2.97. The topological polar surface area (TPSA) is 75.4 Å². The van der Waals surface area contributed by atoms with Crippen LogP contribution in [-0.2, 0) is 9.59 Å². The van der Waals surface area contributed by atoms with Gasteiger partial charge in [-0.15, -0.1) is 0 Å². The maximum absolute atomic E-state index is 12.0. The lowest BCUT2D eigenvalue weighted by Gasteiger charge is -2.22. The minimum absolute atomic E-state index is 0.0526. The molecule has 90 valence electrons. The van der Waals surface area contributed by atoms with Crippen LogP contribution in [0.4, 0.5) is 0 Å². The first kappa shape index (κ1) is 12.9. The van der Waals surface area contributed by atoms with Crippen molar-refractivity contribution in [3.8, 4) is 0 Å². The van der Waals surface area contributed by atoms with E-state index in [9.17, 15) is 9.59 Å². The minimum Gasteiger partial charge on any atom is -0.392 e. The predicted octanol–water partition coefficient (Wildman–Crippen LogP) is -0.353. The summed E-state index contributed by atoms with van der Waals surface area (Å²) >= 11 is 4.88. The highest BCUT2D eigenvalue weighted by Crippen LogP contribution is 2.47. The van der Waals surface area contributed by atoms with E-state index in [-0.39, 0.29) is 23.3 Å². The minimum atomic E-state index is -0.670. The molecule has 1 fully saturated rings. The number of carbonyl (C=O) groups excluding carboxylic acids is 2. The normalized spacial score (nSPS) is 16.4. The number of thiocarbonyl (C=S) groups is 1. The van der Waals surface area contributed by atoms with Crippen molar-refractivity contribution in [1.82, 2.24) is 10.2 Å². The van der Waals surface area contributed by atoms with Crippen LogP contribution in [0.15, 0.2) is 0 Å². The van der Waals surface area contributed by atoms with Crippen LogP contribution in [0, 0.1) is 5.41 Å². The van der Waals surface area contributed by atoms with Gasteiger partial charge in [0.05, 0.1) is 16.9 Å². The van der Waals surface area contributed by atoms with E-state index in [4.69, 9.17) is 18.0 Å². The highest BCUT2D eigenvalue weighted by atomic mass is 32.1. The van der Waals surface area contributed by atoms with Crippen molar-refractivity contribution < 1.29 is 9.59 Å².